The molecule has 0 saturated carbocycles. The van der Waals surface area contributed by atoms with Crippen LogP contribution in [0.5, 0.6) is 0 Å². The lowest BCUT2D eigenvalue weighted by Gasteiger charge is -2.18. The van der Waals surface area contributed by atoms with Crippen LogP contribution in [0.4, 0.5) is 0 Å². The molecule has 0 aromatic heterocycles. The molecule has 6 nitrogen and oxygen atoms in total. The minimum Gasteiger partial charge on any atom is -0.462 e. The van der Waals surface area contributed by atoms with Gasteiger partial charge >= 0.3 is 17.9 Å². The van der Waals surface area contributed by atoms with E-state index >= 15 is 0 Å². The van der Waals surface area contributed by atoms with Crippen molar-refractivity contribution in [2.24, 2.45) is 0 Å². The summed E-state index contributed by atoms with van der Waals surface area (Å²) in [6.45, 7) is 6.44. The molecule has 0 aliphatic heterocycles. The number of hydrogen-bond donors (Lipinski definition) is 0. The standard InChI is InChI=1S/C61H108O6/c1-4-7-10-13-16-19-22-25-27-29-31-33-34-36-39-42-45-48-51-54-60(63)66-57-58(56-65-59(62)53-50-47-44-41-38-24-21-18-15-12-9-6-3)67-61(64)55-52-49-46-43-40-37-35-32-30-28-26-23-20-17-14-11-8-5-2/h7,9-10,12,16,18-19,21,25,27,58H,4-6,8,11,13-15,17,20,22-24,26,28-57H2,1-3H3/b10-7-,12-9-,19-16-,21-18-,27-25-. The Morgan fingerprint density at radius 2 is 0.582 bits per heavy atom. The number of hydrogen-bond acceptors (Lipinski definition) is 6. The highest BCUT2D eigenvalue weighted by molar-refractivity contribution is 5.71. The molecular formula is C61H108O6. The molecule has 0 saturated heterocycles. The first kappa shape index (κ1) is 64.1. The van der Waals surface area contributed by atoms with Crippen molar-refractivity contribution in [1.29, 1.82) is 0 Å². The smallest absolute Gasteiger partial charge is 0.306 e. The van der Waals surface area contributed by atoms with Gasteiger partial charge in [-0.25, -0.2) is 0 Å². The van der Waals surface area contributed by atoms with E-state index in [4.69, 9.17) is 14.2 Å². The SMILES string of the molecule is CC/C=C\C/C=C\C/C=C\CCCCCCCCCCCC(=O)OCC(COC(=O)CCCCCCC/C=C\C/C=C\CC)OC(=O)CCCCCCCCCCCCCCCCCCCC. The molecule has 0 aromatic rings. The van der Waals surface area contributed by atoms with E-state index in [1.54, 1.807) is 0 Å². The largest absolute Gasteiger partial charge is 0.462 e. The third-order valence-electron chi connectivity index (χ3n) is 12.5. The van der Waals surface area contributed by atoms with Crippen molar-refractivity contribution in [1.82, 2.24) is 0 Å². The second-order valence-corrected chi connectivity index (χ2v) is 19.1. The van der Waals surface area contributed by atoms with Gasteiger partial charge < -0.3 is 14.2 Å². The number of carbonyl (C=O) groups excluding carboxylic acids is 3. The highest BCUT2D eigenvalue weighted by Crippen LogP contribution is 2.16. The Kier molecular flexibility index (Phi) is 53.3. The number of ether oxygens (including phenoxy) is 3. The van der Waals surface area contributed by atoms with Gasteiger partial charge in [-0.05, 0) is 77.0 Å². The van der Waals surface area contributed by atoms with Gasteiger partial charge in [0.1, 0.15) is 13.2 Å². The van der Waals surface area contributed by atoms with Crippen molar-refractivity contribution in [2.75, 3.05) is 13.2 Å². The molecule has 0 aromatic carbocycles. The maximum Gasteiger partial charge on any atom is 0.306 e. The fourth-order valence-electron chi connectivity index (χ4n) is 8.26. The molecule has 0 fully saturated rings. The monoisotopic (exact) mass is 937 g/mol. The molecule has 67 heavy (non-hydrogen) atoms. The average Bonchev–Trinajstić information content (AvgIpc) is 3.33. The Morgan fingerprint density at radius 1 is 0.313 bits per heavy atom. The number of rotatable bonds is 52. The highest BCUT2D eigenvalue weighted by atomic mass is 16.6. The molecular weight excluding hydrogens is 829 g/mol. The van der Waals surface area contributed by atoms with Crippen molar-refractivity contribution in [3.8, 4) is 0 Å². The summed E-state index contributed by atoms with van der Waals surface area (Å²) in [5.41, 5.74) is 0. The maximum atomic E-state index is 12.9. The van der Waals surface area contributed by atoms with Gasteiger partial charge in [0.05, 0.1) is 0 Å². The zero-order chi connectivity index (χ0) is 48.6. The Labute approximate surface area is 415 Å². The summed E-state index contributed by atoms with van der Waals surface area (Å²) < 4.78 is 16.9. The number of carbonyl (C=O) groups is 3. The summed E-state index contributed by atoms with van der Waals surface area (Å²) in [6.07, 6.45) is 69.3. The van der Waals surface area contributed by atoms with Crippen LogP contribution in [0.25, 0.3) is 0 Å². The Balaban J connectivity index is 4.33. The Hall–Kier alpha value is -2.89. The molecule has 0 aliphatic rings. The van der Waals surface area contributed by atoms with Crippen LogP contribution < -0.4 is 0 Å². The van der Waals surface area contributed by atoms with Gasteiger partial charge in [0.15, 0.2) is 6.10 Å². The van der Waals surface area contributed by atoms with E-state index in [0.717, 1.165) is 103 Å². The van der Waals surface area contributed by atoms with E-state index in [0.29, 0.717) is 19.3 Å². The van der Waals surface area contributed by atoms with E-state index in [1.165, 1.54) is 148 Å². The molecule has 0 rings (SSSR count). The van der Waals surface area contributed by atoms with Crippen LogP contribution in [0, 0.1) is 0 Å². The first-order valence-corrected chi connectivity index (χ1v) is 28.8. The zero-order valence-electron chi connectivity index (χ0n) is 44.4. The maximum absolute atomic E-state index is 12.9. The quantitative estimate of drug-likeness (QED) is 0.0262. The van der Waals surface area contributed by atoms with Gasteiger partial charge in [-0.15, -0.1) is 0 Å². The third kappa shape index (κ3) is 53.9. The van der Waals surface area contributed by atoms with Crippen LogP contribution in [-0.2, 0) is 28.6 Å². The fraction of sp³-hybridized carbons (Fsp3) is 0.787. The van der Waals surface area contributed by atoms with Gasteiger partial charge in [-0.2, -0.15) is 0 Å². The fourth-order valence-corrected chi connectivity index (χ4v) is 8.26. The second-order valence-electron chi connectivity index (χ2n) is 19.1. The molecule has 0 aliphatic carbocycles. The van der Waals surface area contributed by atoms with Crippen LogP contribution in [0.15, 0.2) is 60.8 Å². The molecule has 1 atom stereocenters. The lowest BCUT2D eigenvalue weighted by atomic mass is 10.0. The Morgan fingerprint density at radius 3 is 0.910 bits per heavy atom. The molecule has 0 spiro atoms. The lowest BCUT2D eigenvalue weighted by Crippen LogP contribution is -2.30. The van der Waals surface area contributed by atoms with Crippen molar-refractivity contribution < 1.29 is 28.6 Å². The van der Waals surface area contributed by atoms with Crippen molar-refractivity contribution in [3.05, 3.63) is 60.8 Å². The summed E-state index contributed by atoms with van der Waals surface area (Å²) in [5.74, 6) is -0.886. The topological polar surface area (TPSA) is 78.9 Å². The minimum atomic E-state index is -0.780. The number of unbranched alkanes of at least 4 members (excludes halogenated alkanes) is 31. The molecule has 0 amide bonds. The summed E-state index contributed by atoms with van der Waals surface area (Å²) in [4.78, 5) is 38.1. The number of esters is 3. The van der Waals surface area contributed by atoms with Crippen LogP contribution >= 0.6 is 0 Å². The van der Waals surface area contributed by atoms with Crippen molar-refractivity contribution in [2.45, 2.75) is 297 Å². The zero-order valence-corrected chi connectivity index (χ0v) is 44.4. The summed E-state index contributed by atoms with van der Waals surface area (Å²) in [5, 5.41) is 0. The molecule has 0 N–H and O–H groups in total. The van der Waals surface area contributed by atoms with Crippen molar-refractivity contribution >= 4 is 17.9 Å². The van der Waals surface area contributed by atoms with Gasteiger partial charge in [0.2, 0.25) is 0 Å². The number of allylic oxidation sites excluding steroid dienone is 10. The van der Waals surface area contributed by atoms with E-state index < -0.39 is 6.10 Å². The minimum absolute atomic E-state index is 0.0793. The molecule has 6 heteroatoms. The molecule has 0 radical (unpaired) electrons. The summed E-state index contributed by atoms with van der Waals surface area (Å²) in [7, 11) is 0. The highest BCUT2D eigenvalue weighted by Gasteiger charge is 2.19. The first-order chi connectivity index (χ1) is 33.0. The van der Waals surface area contributed by atoms with Crippen LogP contribution in [0.1, 0.15) is 290 Å². The van der Waals surface area contributed by atoms with E-state index in [-0.39, 0.29) is 31.1 Å². The van der Waals surface area contributed by atoms with E-state index in [9.17, 15) is 14.4 Å². The third-order valence-corrected chi connectivity index (χ3v) is 12.5. The molecule has 388 valence electrons. The second kappa shape index (κ2) is 55.7. The first-order valence-electron chi connectivity index (χ1n) is 28.8. The molecule has 1 unspecified atom stereocenters. The molecule has 0 bridgehead atoms. The Bertz CT molecular complexity index is 1210. The summed E-state index contributed by atoms with van der Waals surface area (Å²) in [6, 6.07) is 0. The van der Waals surface area contributed by atoms with Crippen LogP contribution in [0.2, 0.25) is 0 Å². The van der Waals surface area contributed by atoms with Crippen molar-refractivity contribution in [3.63, 3.8) is 0 Å². The van der Waals surface area contributed by atoms with Gasteiger partial charge in [0, 0.05) is 19.3 Å². The van der Waals surface area contributed by atoms with E-state index in [2.05, 4.69) is 81.5 Å². The predicted molar refractivity (Wildman–Crippen MR) is 288 cm³/mol. The van der Waals surface area contributed by atoms with Gasteiger partial charge in [0.25, 0.3) is 0 Å². The lowest BCUT2D eigenvalue weighted by molar-refractivity contribution is -0.167. The van der Waals surface area contributed by atoms with E-state index in [1.807, 2.05) is 0 Å². The van der Waals surface area contributed by atoms with Crippen LogP contribution in [0.3, 0.4) is 0 Å². The van der Waals surface area contributed by atoms with Crippen LogP contribution in [-0.4, -0.2) is 37.2 Å². The molecule has 0 heterocycles. The average molecular weight is 938 g/mol. The van der Waals surface area contributed by atoms with Gasteiger partial charge in [-0.1, -0.05) is 255 Å². The normalized spacial score (nSPS) is 12.5. The van der Waals surface area contributed by atoms with Gasteiger partial charge in [-0.3, -0.25) is 14.4 Å². The predicted octanol–water partition coefficient (Wildman–Crippen LogP) is 19.2. The summed E-state index contributed by atoms with van der Waals surface area (Å²) >= 11 is 0.